The predicted octanol–water partition coefficient (Wildman–Crippen LogP) is 15.8. The fourth-order valence-corrected chi connectivity index (χ4v) is 11.3. The normalized spacial score (nSPS) is 15.0. The van der Waals surface area contributed by atoms with Crippen molar-refractivity contribution in [1.82, 2.24) is 0 Å². The molecule has 0 saturated carbocycles. The van der Waals surface area contributed by atoms with Gasteiger partial charge in [0.1, 0.15) is 0 Å². The van der Waals surface area contributed by atoms with Crippen LogP contribution in [0.15, 0.2) is 176 Å². The molecule has 10 aromatic rings. The Labute approximate surface area is 343 Å². The van der Waals surface area contributed by atoms with Gasteiger partial charge in [-0.15, -0.1) is 11.3 Å². The van der Waals surface area contributed by atoms with E-state index in [-0.39, 0.29) is 5.41 Å². The van der Waals surface area contributed by atoms with Crippen molar-refractivity contribution in [3.8, 4) is 22.3 Å². The summed E-state index contributed by atoms with van der Waals surface area (Å²) in [4.78, 5) is 0. The Morgan fingerprint density at radius 2 is 1.22 bits per heavy atom. The van der Waals surface area contributed by atoms with Crippen molar-refractivity contribution in [3.63, 3.8) is 0 Å². The quantitative estimate of drug-likeness (QED) is 0.177. The van der Waals surface area contributed by atoms with Gasteiger partial charge in [-0.3, -0.25) is 0 Å². The van der Waals surface area contributed by atoms with Crippen LogP contribution >= 0.6 is 11.3 Å². The van der Waals surface area contributed by atoms with E-state index in [4.69, 9.17) is 0 Å². The van der Waals surface area contributed by atoms with Crippen molar-refractivity contribution in [3.05, 3.63) is 204 Å². The Kier molecular flexibility index (Phi) is 8.13. The number of hydrogen-bond donors (Lipinski definition) is 1. The van der Waals surface area contributed by atoms with Crippen molar-refractivity contribution in [2.75, 3.05) is 12.4 Å². The molecule has 2 heteroatoms. The van der Waals surface area contributed by atoms with Gasteiger partial charge in [-0.2, -0.15) is 0 Å². The van der Waals surface area contributed by atoms with Crippen LogP contribution in [-0.4, -0.2) is 7.05 Å². The molecule has 0 aliphatic heterocycles. The van der Waals surface area contributed by atoms with Crippen LogP contribution in [0.25, 0.3) is 80.8 Å². The molecule has 0 radical (unpaired) electrons. The lowest BCUT2D eigenvalue weighted by Gasteiger charge is -2.28. The van der Waals surface area contributed by atoms with Crippen molar-refractivity contribution in [1.29, 1.82) is 0 Å². The van der Waals surface area contributed by atoms with E-state index >= 15 is 0 Å². The summed E-state index contributed by atoms with van der Waals surface area (Å²) in [7, 11) is 2.00. The number of allylic oxidation sites excluding steroid dienone is 1. The smallest absolute Gasteiger partial charge is 0.0454 e. The maximum atomic E-state index is 3.39. The SMILES string of the molecule is CC1(C)c2ccccc2-c2ccc(C3CC=Cc4c3c3ccccc3c3ccccc43)cc21.CNc1ccc2c(sc3ccccc32)c1-c1ccc2ccccc2c1. The minimum absolute atomic E-state index is 0.0285. The number of hydrogen-bond acceptors (Lipinski definition) is 2. The first kappa shape index (κ1) is 34.7. The van der Waals surface area contributed by atoms with Crippen LogP contribution in [0.4, 0.5) is 5.69 Å². The highest BCUT2D eigenvalue weighted by Crippen LogP contribution is 2.51. The van der Waals surface area contributed by atoms with Gasteiger partial charge in [-0.25, -0.2) is 0 Å². The van der Waals surface area contributed by atoms with E-state index in [9.17, 15) is 0 Å². The fourth-order valence-electron chi connectivity index (χ4n) is 10.1. The van der Waals surface area contributed by atoms with E-state index in [0.29, 0.717) is 5.92 Å². The second-order valence-electron chi connectivity index (χ2n) is 16.4. The van der Waals surface area contributed by atoms with E-state index in [1.54, 1.807) is 0 Å². The lowest BCUT2D eigenvalue weighted by molar-refractivity contribution is 0.657. The Morgan fingerprint density at radius 1 is 0.552 bits per heavy atom. The zero-order valence-electron chi connectivity index (χ0n) is 33.0. The number of thiophene rings is 1. The highest BCUT2D eigenvalue weighted by Gasteiger charge is 2.36. The van der Waals surface area contributed by atoms with Crippen LogP contribution in [-0.2, 0) is 5.41 Å². The first-order chi connectivity index (χ1) is 28.5. The molecule has 0 saturated heterocycles. The molecular formula is C56H43NS. The summed E-state index contributed by atoms with van der Waals surface area (Å²) in [6.07, 6.45) is 5.77. The summed E-state index contributed by atoms with van der Waals surface area (Å²) in [6, 6.07) is 62.4. The first-order valence-corrected chi connectivity index (χ1v) is 21.3. The number of rotatable bonds is 3. The lowest BCUT2D eigenvalue weighted by Crippen LogP contribution is -2.16. The molecule has 58 heavy (non-hydrogen) atoms. The molecular weight excluding hydrogens is 719 g/mol. The number of nitrogens with one attached hydrogen (secondary N) is 1. The van der Waals surface area contributed by atoms with Crippen LogP contribution in [0, 0.1) is 0 Å². The topological polar surface area (TPSA) is 12.0 Å². The molecule has 1 nitrogen and oxygen atoms in total. The molecule has 1 aromatic heterocycles. The highest BCUT2D eigenvalue weighted by atomic mass is 32.1. The van der Waals surface area contributed by atoms with E-state index in [1.807, 2.05) is 18.4 Å². The lowest BCUT2D eigenvalue weighted by atomic mass is 9.75. The zero-order chi connectivity index (χ0) is 39.0. The molecule has 1 unspecified atom stereocenters. The Morgan fingerprint density at radius 3 is 2.05 bits per heavy atom. The van der Waals surface area contributed by atoms with Gasteiger partial charge < -0.3 is 5.32 Å². The van der Waals surface area contributed by atoms with Crippen LogP contribution in [0.3, 0.4) is 0 Å². The van der Waals surface area contributed by atoms with Crippen LogP contribution in [0.2, 0.25) is 0 Å². The van der Waals surface area contributed by atoms with Crippen LogP contribution in [0.1, 0.15) is 54.0 Å². The van der Waals surface area contributed by atoms with Crippen molar-refractivity contribution >= 4 is 75.6 Å². The predicted molar refractivity (Wildman–Crippen MR) is 253 cm³/mol. The minimum atomic E-state index is 0.0285. The maximum Gasteiger partial charge on any atom is 0.0454 e. The first-order valence-electron chi connectivity index (χ1n) is 20.4. The highest BCUT2D eigenvalue weighted by molar-refractivity contribution is 7.26. The maximum absolute atomic E-state index is 3.39. The molecule has 12 rings (SSSR count). The molecule has 0 amide bonds. The Hall–Kier alpha value is -6.48. The summed E-state index contributed by atoms with van der Waals surface area (Å²) in [6.45, 7) is 4.75. The molecule has 1 N–H and O–H groups in total. The minimum Gasteiger partial charge on any atom is -0.388 e. The van der Waals surface area contributed by atoms with Gasteiger partial charge in [0.25, 0.3) is 0 Å². The van der Waals surface area contributed by atoms with Gasteiger partial charge in [-0.1, -0.05) is 178 Å². The fraction of sp³-hybridized carbons (Fsp3) is 0.107. The summed E-state index contributed by atoms with van der Waals surface area (Å²) < 4.78 is 2.69. The van der Waals surface area contributed by atoms with Crippen molar-refractivity contribution < 1.29 is 0 Å². The second kappa shape index (κ2) is 13.6. The summed E-state index contributed by atoms with van der Waals surface area (Å²) in [5.74, 6) is 0.365. The number of benzene rings is 9. The molecule has 2 aliphatic carbocycles. The van der Waals surface area contributed by atoms with E-state index in [1.165, 1.54) is 108 Å². The van der Waals surface area contributed by atoms with Gasteiger partial charge >= 0.3 is 0 Å². The molecule has 9 aromatic carbocycles. The second-order valence-corrected chi connectivity index (χ2v) is 17.4. The van der Waals surface area contributed by atoms with E-state index < -0.39 is 0 Å². The van der Waals surface area contributed by atoms with Gasteiger partial charge in [0.05, 0.1) is 0 Å². The van der Waals surface area contributed by atoms with Crippen molar-refractivity contribution in [2.24, 2.45) is 0 Å². The zero-order valence-corrected chi connectivity index (χ0v) is 33.8. The van der Waals surface area contributed by atoms with Crippen molar-refractivity contribution in [2.45, 2.75) is 31.6 Å². The van der Waals surface area contributed by atoms with E-state index in [2.05, 4.69) is 201 Å². The third-order valence-electron chi connectivity index (χ3n) is 12.9. The largest absolute Gasteiger partial charge is 0.388 e. The third-order valence-corrected chi connectivity index (χ3v) is 14.1. The standard InChI is InChI=1S/C33H26.C23H17NS/c1-33(2)30-17-8-7-13-26(30)27-19-18-21(20-31(27)33)22-15-9-16-29-25-11-4-3-10-23(25)24-12-5-6-14-28(24)32(22)29;1-24-20-13-12-19-18-8-4-5-9-21(18)25-23(19)22(20)17-11-10-15-6-2-3-7-16(15)14-17/h3-14,16-20,22H,15H2,1-2H3;2-14,24H,1H3. The number of fused-ring (bicyclic) bond motifs is 13. The molecule has 1 heterocycles. The molecule has 0 fully saturated rings. The van der Waals surface area contributed by atoms with Crippen LogP contribution < -0.4 is 5.32 Å². The van der Waals surface area contributed by atoms with Gasteiger partial charge in [0.2, 0.25) is 0 Å². The monoisotopic (exact) mass is 761 g/mol. The summed E-state index contributed by atoms with van der Waals surface area (Å²) >= 11 is 1.88. The Bertz CT molecular complexity index is 3290. The summed E-state index contributed by atoms with van der Waals surface area (Å²) in [5.41, 5.74) is 13.8. The van der Waals surface area contributed by atoms with E-state index in [0.717, 1.165) is 6.42 Å². The molecule has 0 spiro atoms. The van der Waals surface area contributed by atoms with Gasteiger partial charge in [0, 0.05) is 49.8 Å². The summed E-state index contributed by atoms with van der Waals surface area (Å²) in [5, 5.41) is 14.1. The molecule has 278 valence electrons. The van der Waals surface area contributed by atoms with Crippen LogP contribution in [0.5, 0.6) is 0 Å². The molecule has 0 bridgehead atoms. The average Bonchev–Trinajstić information content (AvgIpc) is 3.77. The molecule has 1 atom stereocenters. The van der Waals surface area contributed by atoms with Gasteiger partial charge in [-0.05, 0) is 101 Å². The van der Waals surface area contributed by atoms with Gasteiger partial charge in [0.15, 0.2) is 0 Å². The number of anilines is 1. The Balaban J connectivity index is 0.000000138. The molecule has 2 aliphatic rings. The third kappa shape index (κ3) is 5.36. The average molecular weight is 762 g/mol.